The van der Waals surface area contributed by atoms with E-state index in [9.17, 15) is 4.79 Å². The van der Waals surface area contributed by atoms with Gasteiger partial charge in [-0.05, 0) is 30.7 Å². The first-order valence-corrected chi connectivity index (χ1v) is 6.30. The molecule has 0 fully saturated rings. The number of benzene rings is 1. The van der Waals surface area contributed by atoms with E-state index in [4.69, 9.17) is 0 Å². The van der Waals surface area contributed by atoms with Crippen LogP contribution >= 0.6 is 0 Å². The molecule has 0 aliphatic carbocycles. The van der Waals surface area contributed by atoms with Crippen molar-refractivity contribution in [2.45, 2.75) is 39.3 Å². The first-order valence-electron chi connectivity index (χ1n) is 6.30. The predicted octanol–water partition coefficient (Wildman–Crippen LogP) is 2.76. The highest BCUT2D eigenvalue weighted by atomic mass is 16.1. The second kappa shape index (κ2) is 5.32. The molecule has 0 saturated heterocycles. The summed E-state index contributed by atoms with van der Waals surface area (Å²) in [4.78, 5) is 14.0. The maximum atomic E-state index is 11.7. The van der Waals surface area contributed by atoms with Gasteiger partial charge in [-0.1, -0.05) is 25.5 Å². The van der Waals surface area contributed by atoms with Crippen LogP contribution in [0.25, 0.3) is 0 Å². The summed E-state index contributed by atoms with van der Waals surface area (Å²) in [7, 11) is 2.10. The molecular weight excluding hydrogens is 212 g/mol. The van der Waals surface area contributed by atoms with Gasteiger partial charge in [0, 0.05) is 25.2 Å². The number of hydrogen-bond acceptors (Lipinski definition) is 2. The van der Waals surface area contributed by atoms with Gasteiger partial charge in [-0.3, -0.25) is 9.69 Å². The van der Waals surface area contributed by atoms with Crippen molar-refractivity contribution in [2.75, 3.05) is 12.4 Å². The van der Waals surface area contributed by atoms with E-state index in [2.05, 4.69) is 30.3 Å². The summed E-state index contributed by atoms with van der Waals surface area (Å²) in [6.45, 7) is 4.01. The van der Waals surface area contributed by atoms with E-state index >= 15 is 0 Å². The molecule has 2 rings (SSSR count). The average Bonchev–Trinajstić information content (AvgIpc) is 2.68. The Morgan fingerprint density at radius 2 is 2.24 bits per heavy atom. The highest BCUT2D eigenvalue weighted by Crippen LogP contribution is 2.28. The van der Waals surface area contributed by atoms with E-state index < -0.39 is 0 Å². The summed E-state index contributed by atoms with van der Waals surface area (Å²) in [6, 6.07) is 6.16. The highest BCUT2D eigenvalue weighted by molar-refractivity contribution is 5.91. The Labute approximate surface area is 103 Å². The van der Waals surface area contributed by atoms with Crippen LogP contribution in [0.5, 0.6) is 0 Å². The van der Waals surface area contributed by atoms with Crippen molar-refractivity contribution in [3.05, 3.63) is 29.3 Å². The van der Waals surface area contributed by atoms with E-state index in [1.165, 1.54) is 11.1 Å². The van der Waals surface area contributed by atoms with Crippen molar-refractivity contribution in [3.63, 3.8) is 0 Å². The van der Waals surface area contributed by atoms with Crippen LogP contribution in [-0.4, -0.2) is 17.9 Å². The predicted molar refractivity (Wildman–Crippen MR) is 69.8 cm³/mol. The molecule has 1 amide bonds. The fourth-order valence-corrected chi connectivity index (χ4v) is 2.25. The largest absolute Gasteiger partial charge is 0.326 e. The summed E-state index contributed by atoms with van der Waals surface area (Å²) in [5.74, 6) is 0.134. The molecule has 1 aromatic rings. The number of carbonyl (C=O) groups is 1. The molecule has 3 nitrogen and oxygen atoms in total. The number of rotatable bonds is 4. The van der Waals surface area contributed by atoms with Gasteiger partial charge in [0.25, 0.3) is 0 Å². The first kappa shape index (κ1) is 12.1. The smallest absolute Gasteiger partial charge is 0.224 e. The van der Waals surface area contributed by atoms with Gasteiger partial charge in [-0.25, -0.2) is 0 Å². The van der Waals surface area contributed by atoms with Crippen molar-refractivity contribution in [1.29, 1.82) is 0 Å². The summed E-state index contributed by atoms with van der Waals surface area (Å²) >= 11 is 0. The number of nitrogens with zero attached hydrogens (tertiary/aromatic N) is 1. The standard InChI is InChI=1S/C14H20N2O/c1-3-4-8-14(17)15-13-7-5-6-11-9-16(2)10-12(11)13/h5-7H,3-4,8-10H2,1-2H3,(H,15,17). The molecule has 0 atom stereocenters. The number of hydrogen-bond donors (Lipinski definition) is 1. The second-order valence-electron chi connectivity index (χ2n) is 4.77. The Morgan fingerprint density at radius 1 is 1.41 bits per heavy atom. The number of amides is 1. The zero-order valence-corrected chi connectivity index (χ0v) is 10.6. The topological polar surface area (TPSA) is 32.3 Å². The molecular formula is C14H20N2O. The zero-order chi connectivity index (χ0) is 12.3. The number of unbranched alkanes of at least 4 members (excludes halogenated alkanes) is 1. The molecule has 0 saturated carbocycles. The lowest BCUT2D eigenvalue weighted by Crippen LogP contribution is -2.13. The molecule has 0 radical (unpaired) electrons. The van der Waals surface area contributed by atoms with Crippen LogP contribution in [0.1, 0.15) is 37.3 Å². The minimum Gasteiger partial charge on any atom is -0.326 e. The van der Waals surface area contributed by atoms with Crippen LogP contribution in [0.2, 0.25) is 0 Å². The van der Waals surface area contributed by atoms with Crippen LogP contribution in [0.15, 0.2) is 18.2 Å². The highest BCUT2D eigenvalue weighted by Gasteiger charge is 2.19. The third-order valence-corrected chi connectivity index (χ3v) is 3.17. The zero-order valence-electron chi connectivity index (χ0n) is 10.6. The number of fused-ring (bicyclic) bond motifs is 1. The van der Waals surface area contributed by atoms with Crippen molar-refractivity contribution in [1.82, 2.24) is 4.90 Å². The van der Waals surface area contributed by atoms with Gasteiger partial charge in [0.1, 0.15) is 0 Å². The quantitative estimate of drug-likeness (QED) is 0.865. The van der Waals surface area contributed by atoms with Gasteiger partial charge in [-0.2, -0.15) is 0 Å². The maximum Gasteiger partial charge on any atom is 0.224 e. The Balaban J connectivity index is 2.07. The van der Waals surface area contributed by atoms with E-state index in [-0.39, 0.29) is 5.91 Å². The van der Waals surface area contributed by atoms with Crippen molar-refractivity contribution >= 4 is 11.6 Å². The molecule has 0 spiro atoms. The minimum absolute atomic E-state index is 0.134. The molecule has 17 heavy (non-hydrogen) atoms. The van der Waals surface area contributed by atoms with Crippen molar-refractivity contribution in [2.24, 2.45) is 0 Å². The van der Waals surface area contributed by atoms with Gasteiger partial charge in [0.2, 0.25) is 5.91 Å². The van der Waals surface area contributed by atoms with E-state index in [1.54, 1.807) is 0 Å². The molecule has 1 heterocycles. The lowest BCUT2D eigenvalue weighted by molar-refractivity contribution is -0.116. The fourth-order valence-electron chi connectivity index (χ4n) is 2.25. The normalized spacial score (nSPS) is 14.7. The summed E-state index contributed by atoms with van der Waals surface area (Å²) in [5, 5.41) is 3.03. The maximum absolute atomic E-state index is 11.7. The van der Waals surface area contributed by atoms with Crippen molar-refractivity contribution in [3.8, 4) is 0 Å². The van der Waals surface area contributed by atoms with Crippen LogP contribution in [-0.2, 0) is 17.9 Å². The number of nitrogens with one attached hydrogen (secondary N) is 1. The van der Waals surface area contributed by atoms with Gasteiger partial charge in [-0.15, -0.1) is 0 Å². The van der Waals surface area contributed by atoms with Crippen molar-refractivity contribution < 1.29 is 4.79 Å². The van der Waals surface area contributed by atoms with E-state index in [0.29, 0.717) is 6.42 Å². The van der Waals surface area contributed by atoms with Crippen LogP contribution in [0, 0.1) is 0 Å². The molecule has 92 valence electrons. The molecule has 1 aliphatic rings. The monoisotopic (exact) mass is 232 g/mol. The molecule has 0 unspecified atom stereocenters. The molecule has 1 aromatic carbocycles. The number of anilines is 1. The Kier molecular flexibility index (Phi) is 3.79. The molecule has 1 N–H and O–H groups in total. The molecule has 0 aromatic heterocycles. The Morgan fingerprint density at radius 3 is 3.00 bits per heavy atom. The van der Waals surface area contributed by atoms with Gasteiger partial charge in [0.05, 0.1) is 0 Å². The average molecular weight is 232 g/mol. The fraction of sp³-hybridized carbons (Fsp3) is 0.500. The Hall–Kier alpha value is -1.35. The number of carbonyl (C=O) groups excluding carboxylic acids is 1. The summed E-state index contributed by atoms with van der Waals surface area (Å²) in [5.41, 5.74) is 3.61. The lowest BCUT2D eigenvalue weighted by Gasteiger charge is -2.10. The molecule has 1 aliphatic heterocycles. The van der Waals surface area contributed by atoms with Gasteiger partial charge in [0.15, 0.2) is 0 Å². The summed E-state index contributed by atoms with van der Waals surface area (Å²) in [6.07, 6.45) is 2.64. The van der Waals surface area contributed by atoms with Crippen LogP contribution in [0.3, 0.4) is 0 Å². The molecule has 0 bridgehead atoms. The summed E-state index contributed by atoms with van der Waals surface area (Å²) < 4.78 is 0. The van der Waals surface area contributed by atoms with Gasteiger partial charge < -0.3 is 5.32 Å². The van der Waals surface area contributed by atoms with E-state index in [1.807, 2.05) is 12.1 Å². The van der Waals surface area contributed by atoms with E-state index in [0.717, 1.165) is 31.6 Å². The Bertz CT molecular complexity index is 415. The molecule has 3 heteroatoms. The third kappa shape index (κ3) is 2.86. The second-order valence-corrected chi connectivity index (χ2v) is 4.77. The SMILES string of the molecule is CCCCC(=O)Nc1cccc2c1CN(C)C2. The lowest BCUT2D eigenvalue weighted by atomic mass is 10.1. The van der Waals surface area contributed by atoms with Crippen LogP contribution in [0.4, 0.5) is 5.69 Å². The van der Waals surface area contributed by atoms with Crippen LogP contribution < -0.4 is 5.32 Å². The van der Waals surface area contributed by atoms with Gasteiger partial charge >= 0.3 is 0 Å². The minimum atomic E-state index is 0.134. The first-order chi connectivity index (χ1) is 8.20. The third-order valence-electron chi connectivity index (χ3n) is 3.17.